The lowest BCUT2D eigenvalue weighted by molar-refractivity contribution is 0.0594. The van der Waals surface area contributed by atoms with E-state index in [1.54, 1.807) is 6.07 Å². The van der Waals surface area contributed by atoms with Crippen LogP contribution in [0.15, 0.2) is 48.7 Å². The van der Waals surface area contributed by atoms with Gasteiger partial charge in [-0.3, -0.25) is 0 Å². The summed E-state index contributed by atoms with van der Waals surface area (Å²) in [6.45, 7) is 0. The lowest BCUT2D eigenvalue weighted by Gasteiger charge is -2.11. The molecule has 0 fully saturated rings. The Bertz CT molecular complexity index is 522. The van der Waals surface area contributed by atoms with E-state index >= 15 is 0 Å². The molecule has 0 saturated carbocycles. The summed E-state index contributed by atoms with van der Waals surface area (Å²) in [6.07, 6.45) is 0.731. The summed E-state index contributed by atoms with van der Waals surface area (Å²) in [7, 11) is 1.30. The molecule has 1 aromatic carbocycles. The highest BCUT2D eigenvalue weighted by molar-refractivity contribution is 5.86. The minimum absolute atomic E-state index is 0.224. The molecule has 1 heterocycles. The van der Waals surface area contributed by atoms with Crippen LogP contribution in [0, 0.1) is 0 Å². The van der Waals surface area contributed by atoms with Crippen LogP contribution in [0.1, 0.15) is 27.7 Å². The van der Waals surface area contributed by atoms with E-state index in [1.165, 1.54) is 19.4 Å². The SMILES string of the molecule is COC(=O)c1ccc([C@H](O)c2ccccc2)cn1. The highest BCUT2D eigenvalue weighted by Gasteiger charge is 2.12. The van der Waals surface area contributed by atoms with Crippen molar-refractivity contribution in [1.29, 1.82) is 0 Å². The molecule has 0 aliphatic rings. The molecule has 0 amide bonds. The fourth-order valence-electron chi connectivity index (χ4n) is 1.62. The van der Waals surface area contributed by atoms with Crippen LogP contribution in [0.25, 0.3) is 0 Å². The summed E-state index contributed by atoms with van der Waals surface area (Å²) < 4.78 is 4.56. The van der Waals surface area contributed by atoms with Gasteiger partial charge in [0.2, 0.25) is 0 Å². The van der Waals surface area contributed by atoms with Gasteiger partial charge in [-0.15, -0.1) is 0 Å². The van der Waals surface area contributed by atoms with E-state index in [2.05, 4.69) is 9.72 Å². The summed E-state index contributed by atoms with van der Waals surface area (Å²) in [5, 5.41) is 10.1. The Kier molecular flexibility index (Phi) is 3.69. The van der Waals surface area contributed by atoms with Crippen molar-refractivity contribution in [3.8, 4) is 0 Å². The fourth-order valence-corrected chi connectivity index (χ4v) is 1.62. The standard InChI is InChI=1S/C14H13NO3/c1-18-14(17)12-8-7-11(9-15-12)13(16)10-5-3-2-4-6-10/h2-9,13,16H,1H3/t13-/m1/s1. The summed E-state index contributed by atoms with van der Waals surface area (Å²) in [4.78, 5) is 15.2. The lowest BCUT2D eigenvalue weighted by atomic mass is 10.0. The number of aromatic nitrogens is 1. The molecule has 2 rings (SSSR count). The van der Waals surface area contributed by atoms with Crippen molar-refractivity contribution >= 4 is 5.97 Å². The van der Waals surface area contributed by atoms with Crippen molar-refractivity contribution < 1.29 is 14.6 Å². The average molecular weight is 243 g/mol. The molecule has 1 N–H and O–H groups in total. The predicted molar refractivity (Wildman–Crippen MR) is 66.1 cm³/mol. The lowest BCUT2D eigenvalue weighted by Crippen LogP contribution is -2.06. The zero-order chi connectivity index (χ0) is 13.0. The van der Waals surface area contributed by atoms with Crippen molar-refractivity contribution in [2.75, 3.05) is 7.11 Å². The maximum absolute atomic E-state index is 11.2. The van der Waals surface area contributed by atoms with E-state index in [9.17, 15) is 9.90 Å². The van der Waals surface area contributed by atoms with Gasteiger partial charge in [-0.2, -0.15) is 0 Å². The van der Waals surface area contributed by atoms with Crippen LogP contribution < -0.4 is 0 Å². The molecule has 0 spiro atoms. The Balaban J connectivity index is 2.22. The normalized spacial score (nSPS) is 11.9. The van der Waals surface area contributed by atoms with E-state index in [0.717, 1.165) is 5.56 Å². The second-order valence-corrected chi connectivity index (χ2v) is 3.78. The summed E-state index contributed by atoms with van der Waals surface area (Å²) in [6, 6.07) is 12.5. The molecule has 0 aliphatic heterocycles. The highest BCUT2D eigenvalue weighted by atomic mass is 16.5. The van der Waals surface area contributed by atoms with Crippen molar-refractivity contribution in [3.05, 3.63) is 65.5 Å². The zero-order valence-electron chi connectivity index (χ0n) is 9.91. The summed E-state index contributed by atoms with van der Waals surface area (Å²) >= 11 is 0. The number of nitrogens with zero attached hydrogens (tertiary/aromatic N) is 1. The van der Waals surface area contributed by atoms with Gasteiger partial charge in [0, 0.05) is 11.8 Å². The topological polar surface area (TPSA) is 59.4 Å². The fraction of sp³-hybridized carbons (Fsp3) is 0.143. The Labute approximate surface area is 105 Å². The second kappa shape index (κ2) is 5.42. The van der Waals surface area contributed by atoms with Gasteiger partial charge in [-0.05, 0) is 11.6 Å². The third kappa shape index (κ3) is 2.55. The molecule has 0 saturated heterocycles. The molecule has 0 aliphatic carbocycles. The number of hydrogen-bond donors (Lipinski definition) is 1. The number of aliphatic hydroxyl groups is 1. The van der Waals surface area contributed by atoms with Gasteiger partial charge < -0.3 is 9.84 Å². The number of hydrogen-bond acceptors (Lipinski definition) is 4. The van der Waals surface area contributed by atoms with Crippen LogP contribution in [-0.2, 0) is 4.74 Å². The van der Waals surface area contributed by atoms with Gasteiger partial charge >= 0.3 is 5.97 Å². The molecule has 0 radical (unpaired) electrons. The molecular weight excluding hydrogens is 230 g/mol. The quantitative estimate of drug-likeness (QED) is 0.837. The molecular formula is C14H13NO3. The molecule has 1 aromatic heterocycles. The molecule has 0 unspecified atom stereocenters. The Morgan fingerprint density at radius 1 is 1.17 bits per heavy atom. The Morgan fingerprint density at radius 3 is 2.44 bits per heavy atom. The second-order valence-electron chi connectivity index (χ2n) is 3.78. The first-order valence-electron chi connectivity index (χ1n) is 5.49. The van der Waals surface area contributed by atoms with Gasteiger partial charge in [0.05, 0.1) is 7.11 Å². The smallest absolute Gasteiger partial charge is 0.356 e. The number of benzene rings is 1. The number of ether oxygens (including phenoxy) is 1. The van der Waals surface area contributed by atoms with E-state index < -0.39 is 12.1 Å². The van der Waals surface area contributed by atoms with E-state index in [4.69, 9.17) is 0 Å². The van der Waals surface area contributed by atoms with E-state index in [1.807, 2.05) is 30.3 Å². The molecule has 92 valence electrons. The summed E-state index contributed by atoms with van der Waals surface area (Å²) in [5.41, 5.74) is 1.64. The minimum Gasteiger partial charge on any atom is -0.464 e. The first-order chi connectivity index (χ1) is 8.72. The first kappa shape index (κ1) is 12.3. The molecule has 1 atom stereocenters. The molecule has 4 nitrogen and oxygen atoms in total. The van der Waals surface area contributed by atoms with Crippen LogP contribution >= 0.6 is 0 Å². The molecule has 18 heavy (non-hydrogen) atoms. The van der Waals surface area contributed by atoms with Crippen LogP contribution in [0.5, 0.6) is 0 Å². The van der Waals surface area contributed by atoms with Gasteiger partial charge in [-0.25, -0.2) is 9.78 Å². The summed E-state index contributed by atoms with van der Waals surface area (Å²) in [5.74, 6) is -0.490. The van der Waals surface area contributed by atoms with Crippen molar-refractivity contribution in [2.45, 2.75) is 6.10 Å². The number of carbonyl (C=O) groups is 1. The predicted octanol–water partition coefficient (Wildman–Crippen LogP) is 1.95. The van der Waals surface area contributed by atoms with Gasteiger partial charge in [0.1, 0.15) is 11.8 Å². The van der Waals surface area contributed by atoms with Crippen molar-refractivity contribution in [2.24, 2.45) is 0 Å². The third-order valence-corrected chi connectivity index (χ3v) is 2.61. The number of carbonyl (C=O) groups excluding carboxylic acids is 1. The molecule has 0 bridgehead atoms. The first-order valence-corrected chi connectivity index (χ1v) is 5.49. The number of esters is 1. The third-order valence-electron chi connectivity index (χ3n) is 2.61. The highest BCUT2D eigenvalue weighted by Crippen LogP contribution is 2.20. The number of pyridine rings is 1. The van der Waals surface area contributed by atoms with Crippen molar-refractivity contribution in [3.63, 3.8) is 0 Å². The van der Waals surface area contributed by atoms with E-state index in [-0.39, 0.29) is 5.69 Å². The maximum atomic E-state index is 11.2. The van der Waals surface area contributed by atoms with Crippen LogP contribution in [0.2, 0.25) is 0 Å². The van der Waals surface area contributed by atoms with Crippen LogP contribution in [0.3, 0.4) is 0 Å². The van der Waals surface area contributed by atoms with Crippen LogP contribution in [-0.4, -0.2) is 23.2 Å². The largest absolute Gasteiger partial charge is 0.464 e. The minimum atomic E-state index is -0.745. The maximum Gasteiger partial charge on any atom is 0.356 e. The van der Waals surface area contributed by atoms with Crippen LogP contribution in [0.4, 0.5) is 0 Å². The number of methoxy groups -OCH3 is 1. The van der Waals surface area contributed by atoms with Gasteiger partial charge in [-0.1, -0.05) is 36.4 Å². The van der Waals surface area contributed by atoms with E-state index in [0.29, 0.717) is 5.56 Å². The zero-order valence-corrected chi connectivity index (χ0v) is 9.91. The number of aliphatic hydroxyl groups excluding tert-OH is 1. The number of rotatable bonds is 3. The molecule has 2 aromatic rings. The monoisotopic (exact) mass is 243 g/mol. The van der Waals surface area contributed by atoms with Crippen molar-refractivity contribution in [1.82, 2.24) is 4.98 Å². The average Bonchev–Trinajstić information content (AvgIpc) is 2.47. The van der Waals surface area contributed by atoms with Gasteiger partial charge in [0.25, 0.3) is 0 Å². The Hall–Kier alpha value is -2.20. The Morgan fingerprint density at radius 2 is 1.89 bits per heavy atom. The molecule has 4 heteroatoms. The van der Waals surface area contributed by atoms with Gasteiger partial charge in [0.15, 0.2) is 0 Å².